The summed E-state index contributed by atoms with van der Waals surface area (Å²) < 4.78 is 26.8. The van der Waals surface area contributed by atoms with E-state index in [0.29, 0.717) is 12.6 Å². The molecule has 6 nitrogen and oxygen atoms in total. The van der Waals surface area contributed by atoms with Crippen LogP contribution in [0.2, 0.25) is 0 Å². The number of likely N-dealkylation sites (tertiary alicyclic amines) is 1. The minimum atomic E-state index is -0.246. The molecule has 0 spiro atoms. The quantitative estimate of drug-likeness (QED) is 0.753. The zero-order valence-electron chi connectivity index (χ0n) is 14.8. The lowest BCUT2D eigenvalue weighted by Crippen LogP contribution is -2.38. The third-order valence-corrected chi connectivity index (χ3v) is 5.63. The second kappa shape index (κ2) is 8.41. The summed E-state index contributed by atoms with van der Waals surface area (Å²) in [6, 6.07) is 7.18. The van der Waals surface area contributed by atoms with Crippen LogP contribution in [-0.2, 0) is 16.1 Å². The molecule has 0 amide bonds. The van der Waals surface area contributed by atoms with Crippen LogP contribution in [-0.4, -0.2) is 58.3 Å². The van der Waals surface area contributed by atoms with Crippen LogP contribution < -0.4 is 0 Å². The molecule has 0 radical (unpaired) electrons. The maximum Gasteiger partial charge on any atom is 0.123 e. The summed E-state index contributed by atoms with van der Waals surface area (Å²) >= 11 is 0. The number of rotatable bonds is 2. The van der Waals surface area contributed by atoms with E-state index in [0.717, 1.165) is 56.1 Å². The summed E-state index contributed by atoms with van der Waals surface area (Å²) in [5.74, 6) is -0.246. The first-order valence-corrected chi connectivity index (χ1v) is 8.93. The molecule has 1 aromatic carbocycles. The van der Waals surface area contributed by atoms with E-state index >= 15 is 0 Å². The van der Waals surface area contributed by atoms with E-state index in [4.69, 9.17) is 9.47 Å². The molecule has 2 aromatic rings. The molecule has 2 fully saturated rings. The highest BCUT2D eigenvalue weighted by molar-refractivity contribution is 5.85. The summed E-state index contributed by atoms with van der Waals surface area (Å²) in [6.45, 7) is 4.08. The average molecular weight is 417 g/mol. The van der Waals surface area contributed by atoms with Gasteiger partial charge in [-0.3, -0.25) is 4.90 Å². The molecule has 0 unspecified atom stereocenters. The number of aromatic nitrogens is 3. The lowest BCUT2D eigenvalue weighted by atomic mass is 10.1. The van der Waals surface area contributed by atoms with Gasteiger partial charge in [0.1, 0.15) is 11.5 Å². The van der Waals surface area contributed by atoms with Gasteiger partial charge in [0.2, 0.25) is 0 Å². The van der Waals surface area contributed by atoms with Crippen LogP contribution in [0.4, 0.5) is 4.39 Å². The van der Waals surface area contributed by atoms with Crippen molar-refractivity contribution in [3.8, 4) is 11.3 Å². The van der Waals surface area contributed by atoms with E-state index < -0.39 is 0 Å². The Kier molecular flexibility index (Phi) is 6.38. The van der Waals surface area contributed by atoms with Crippen LogP contribution in [0.5, 0.6) is 0 Å². The van der Waals surface area contributed by atoms with Crippen LogP contribution in [0.3, 0.4) is 0 Å². The molecule has 9 heteroatoms. The normalized spacial score (nSPS) is 25.2. The van der Waals surface area contributed by atoms with Gasteiger partial charge in [0.05, 0.1) is 24.4 Å². The second-order valence-corrected chi connectivity index (χ2v) is 7.05. The van der Waals surface area contributed by atoms with Gasteiger partial charge < -0.3 is 9.47 Å². The largest absolute Gasteiger partial charge is 0.381 e. The van der Waals surface area contributed by atoms with Gasteiger partial charge in [-0.2, -0.15) is 0 Å². The Balaban J connectivity index is 0.00000105. The van der Waals surface area contributed by atoms with Crippen LogP contribution in [0.1, 0.15) is 24.6 Å². The first-order valence-electron chi connectivity index (χ1n) is 8.93. The minimum Gasteiger partial charge on any atom is -0.381 e. The van der Waals surface area contributed by atoms with Gasteiger partial charge in [-0.05, 0) is 37.1 Å². The third-order valence-electron chi connectivity index (χ3n) is 5.63. The molecule has 0 N–H and O–H groups in total. The van der Waals surface area contributed by atoms with Crippen molar-refractivity contribution >= 4 is 24.8 Å². The summed E-state index contributed by atoms with van der Waals surface area (Å²) in [5, 5.41) is 8.79. The lowest BCUT2D eigenvalue weighted by molar-refractivity contribution is -0.00870. The van der Waals surface area contributed by atoms with Gasteiger partial charge in [-0.15, -0.1) is 29.9 Å². The Morgan fingerprint density at radius 2 is 1.78 bits per heavy atom. The standard InChI is InChI=1S/C18H21FN4O2.2ClH/c19-13-3-1-12(2-4-13)18-16-11-25-17-10-22(14-5-7-24-8-6-14)9-15(17)23(16)21-20-18;;/h1-4,14-15,17H,5-11H2;2*1H/t15-,17-;;/m0../s1. The number of hydrogen-bond acceptors (Lipinski definition) is 5. The highest BCUT2D eigenvalue weighted by atomic mass is 35.5. The SMILES string of the molecule is Cl.Cl.Fc1ccc(-c2nnn3c2CO[C@H]2CN(C4CCOCC4)C[C@@H]23)cc1. The van der Waals surface area contributed by atoms with Crippen LogP contribution in [0, 0.1) is 5.82 Å². The summed E-state index contributed by atoms with van der Waals surface area (Å²) in [7, 11) is 0. The molecular weight excluding hydrogens is 394 g/mol. The maximum atomic E-state index is 13.2. The summed E-state index contributed by atoms with van der Waals surface area (Å²) in [6.07, 6.45) is 2.34. The first kappa shape index (κ1) is 20.5. The van der Waals surface area contributed by atoms with Crippen molar-refractivity contribution in [1.82, 2.24) is 19.9 Å². The zero-order valence-corrected chi connectivity index (χ0v) is 16.4. The Labute approximate surface area is 169 Å². The number of nitrogens with zero attached hydrogens (tertiary/aromatic N) is 4. The topological polar surface area (TPSA) is 52.4 Å². The number of fused-ring (bicyclic) bond motifs is 3. The van der Waals surface area contributed by atoms with Gasteiger partial charge in [0.25, 0.3) is 0 Å². The highest BCUT2D eigenvalue weighted by Crippen LogP contribution is 2.36. The van der Waals surface area contributed by atoms with Crippen molar-refractivity contribution in [2.45, 2.75) is 37.6 Å². The number of benzene rings is 1. The Bertz CT molecular complexity index is 767. The fourth-order valence-corrected chi connectivity index (χ4v) is 4.26. The molecular formula is C18H23Cl2FN4O2. The Morgan fingerprint density at radius 1 is 1.04 bits per heavy atom. The second-order valence-electron chi connectivity index (χ2n) is 7.05. The highest BCUT2D eigenvalue weighted by Gasteiger charge is 2.42. The van der Waals surface area contributed by atoms with Crippen molar-refractivity contribution in [3.05, 3.63) is 35.8 Å². The Morgan fingerprint density at radius 3 is 2.52 bits per heavy atom. The van der Waals surface area contributed by atoms with E-state index in [1.165, 1.54) is 12.1 Å². The van der Waals surface area contributed by atoms with E-state index in [-0.39, 0.29) is 42.8 Å². The molecule has 0 aliphatic carbocycles. The van der Waals surface area contributed by atoms with E-state index in [1.807, 2.05) is 4.68 Å². The molecule has 0 bridgehead atoms. The van der Waals surface area contributed by atoms with Crippen LogP contribution >= 0.6 is 24.8 Å². The predicted octanol–water partition coefficient (Wildman–Crippen LogP) is 2.86. The first-order chi connectivity index (χ1) is 12.3. The van der Waals surface area contributed by atoms with Crippen molar-refractivity contribution in [3.63, 3.8) is 0 Å². The lowest BCUT2D eigenvalue weighted by Gasteiger charge is -2.30. The van der Waals surface area contributed by atoms with Crippen molar-refractivity contribution in [1.29, 1.82) is 0 Å². The van der Waals surface area contributed by atoms with Gasteiger partial charge >= 0.3 is 0 Å². The minimum absolute atomic E-state index is 0. The molecule has 4 heterocycles. The number of ether oxygens (including phenoxy) is 2. The van der Waals surface area contributed by atoms with Crippen LogP contribution in [0.15, 0.2) is 24.3 Å². The predicted molar refractivity (Wildman–Crippen MR) is 103 cm³/mol. The van der Waals surface area contributed by atoms with Gasteiger partial charge in [0, 0.05) is 37.9 Å². The summed E-state index contributed by atoms with van der Waals surface area (Å²) in [4.78, 5) is 2.52. The molecule has 1 aromatic heterocycles. The molecule has 0 saturated carbocycles. The molecule has 2 saturated heterocycles. The van der Waals surface area contributed by atoms with Gasteiger partial charge in [0.15, 0.2) is 0 Å². The molecule has 5 rings (SSSR count). The molecule has 2 atom stereocenters. The van der Waals surface area contributed by atoms with Gasteiger partial charge in [-0.25, -0.2) is 9.07 Å². The van der Waals surface area contributed by atoms with E-state index in [1.54, 1.807) is 12.1 Å². The zero-order chi connectivity index (χ0) is 16.8. The summed E-state index contributed by atoms with van der Waals surface area (Å²) in [5.41, 5.74) is 2.66. The average Bonchev–Trinajstić information content (AvgIpc) is 3.27. The van der Waals surface area contributed by atoms with Crippen molar-refractivity contribution in [2.24, 2.45) is 0 Å². The van der Waals surface area contributed by atoms with E-state index in [9.17, 15) is 4.39 Å². The van der Waals surface area contributed by atoms with Gasteiger partial charge in [-0.1, -0.05) is 5.21 Å². The molecule has 148 valence electrons. The van der Waals surface area contributed by atoms with E-state index in [2.05, 4.69) is 15.2 Å². The smallest absolute Gasteiger partial charge is 0.123 e. The Hall–Kier alpha value is -1.25. The maximum absolute atomic E-state index is 13.2. The van der Waals surface area contributed by atoms with Crippen LogP contribution in [0.25, 0.3) is 11.3 Å². The van der Waals surface area contributed by atoms with Crippen molar-refractivity contribution in [2.75, 3.05) is 26.3 Å². The monoisotopic (exact) mass is 416 g/mol. The number of hydrogen-bond donors (Lipinski definition) is 0. The fourth-order valence-electron chi connectivity index (χ4n) is 4.26. The molecule has 3 aliphatic heterocycles. The van der Waals surface area contributed by atoms with Crippen molar-refractivity contribution < 1.29 is 13.9 Å². The number of halogens is 3. The fraction of sp³-hybridized carbons (Fsp3) is 0.556. The molecule has 3 aliphatic rings. The third kappa shape index (κ3) is 3.71. The molecule has 27 heavy (non-hydrogen) atoms.